The minimum absolute atomic E-state index is 0.0482. The number of carbonyl (C=O) groups excluding carboxylic acids is 1. The maximum atomic E-state index is 12.9. The number of aryl methyl sites for hydroxylation is 2. The number of amides is 1. The molecular formula is C15H20N4O2. The lowest BCUT2D eigenvalue weighted by Gasteiger charge is -2.21. The molecule has 0 atom stereocenters. The van der Waals surface area contributed by atoms with E-state index in [-0.39, 0.29) is 5.91 Å². The van der Waals surface area contributed by atoms with Crippen LogP contribution in [0.4, 0.5) is 0 Å². The summed E-state index contributed by atoms with van der Waals surface area (Å²) in [7, 11) is 2.09. The van der Waals surface area contributed by atoms with Gasteiger partial charge >= 0.3 is 0 Å². The van der Waals surface area contributed by atoms with E-state index in [0.29, 0.717) is 17.0 Å². The fourth-order valence-electron chi connectivity index (χ4n) is 2.81. The van der Waals surface area contributed by atoms with Crippen molar-refractivity contribution >= 4 is 17.0 Å². The van der Waals surface area contributed by atoms with Crippen molar-refractivity contribution in [3.8, 4) is 0 Å². The van der Waals surface area contributed by atoms with Crippen LogP contribution in [0.2, 0.25) is 0 Å². The first-order valence-corrected chi connectivity index (χ1v) is 7.27. The number of hydrogen-bond donors (Lipinski definition) is 0. The first kappa shape index (κ1) is 14.0. The van der Waals surface area contributed by atoms with Crippen molar-refractivity contribution in [3.05, 3.63) is 23.0 Å². The highest BCUT2D eigenvalue weighted by Gasteiger charge is 2.23. The molecule has 6 heteroatoms. The number of nitrogens with zero attached hydrogens (tertiary/aromatic N) is 4. The first-order valence-electron chi connectivity index (χ1n) is 7.27. The number of fused-ring (bicyclic) bond motifs is 1. The molecule has 112 valence electrons. The van der Waals surface area contributed by atoms with E-state index >= 15 is 0 Å². The molecule has 3 heterocycles. The molecule has 0 N–H and O–H groups in total. The third-order valence-corrected chi connectivity index (χ3v) is 3.98. The molecule has 1 fully saturated rings. The largest absolute Gasteiger partial charge is 0.337 e. The molecule has 21 heavy (non-hydrogen) atoms. The van der Waals surface area contributed by atoms with Gasteiger partial charge in [-0.05, 0) is 39.9 Å². The number of rotatable bonds is 1. The Morgan fingerprint density at radius 2 is 2.05 bits per heavy atom. The summed E-state index contributed by atoms with van der Waals surface area (Å²) in [5.74, 6) is 0.0482. The average molecular weight is 288 g/mol. The summed E-state index contributed by atoms with van der Waals surface area (Å²) in [6.07, 6.45) is 0.998. The molecule has 0 aliphatic carbocycles. The monoisotopic (exact) mass is 288 g/mol. The maximum absolute atomic E-state index is 12.9. The van der Waals surface area contributed by atoms with Crippen LogP contribution in [0.5, 0.6) is 0 Å². The third kappa shape index (κ3) is 2.63. The predicted octanol–water partition coefficient (Wildman–Crippen LogP) is 1.62. The Hall–Kier alpha value is -1.95. The second-order valence-electron chi connectivity index (χ2n) is 5.71. The minimum atomic E-state index is 0.0482. The predicted molar refractivity (Wildman–Crippen MR) is 79.3 cm³/mol. The van der Waals surface area contributed by atoms with Gasteiger partial charge in [-0.25, -0.2) is 4.98 Å². The zero-order valence-corrected chi connectivity index (χ0v) is 12.7. The van der Waals surface area contributed by atoms with Crippen LogP contribution in [0, 0.1) is 13.8 Å². The van der Waals surface area contributed by atoms with Gasteiger partial charge in [-0.2, -0.15) is 0 Å². The van der Waals surface area contributed by atoms with Gasteiger partial charge < -0.3 is 14.3 Å². The Bertz CT molecular complexity index is 680. The molecule has 1 aliphatic rings. The summed E-state index contributed by atoms with van der Waals surface area (Å²) in [5.41, 5.74) is 2.59. The maximum Gasteiger partial charge on any atom is 0.258 e. The Morgan fingerprint density at radius 1 is 1.24 bits per heavy atom. The van der Waals surface area contributed by atoms with Crippen molar-refractivity contribution in [3.63, 3.8) is 0 Å². The van der Waals surface area contributed by atoms with E-state index in [1.54, 1.807) is 0 Å². The molecule has 0 radical (unpaired) electrons. The molecule has 2 aromatic heterocycles. The minimum Gasteiger partial charge on any atom is -0.337 e. The number of aromatic nitrogens is 2. The summed E-state index contributed by atoms with van der Waals surface area (Å²) in [5, 5.41) is 4.68. The summed E-state index contributed by atoms with van der Waals surface area (Å²) in [6.45, 7) is 7.18. The molecule has 0 aromatic carbocycles. The second-order valence-corrected chi connectivity index (χ2v) is 5.71. The van der Waals surface area contributed by atoms with Crippen LogP contribution in [0.25, 0.3) is 11.1 Å². The van der Waals surface area contributed by atoms with Gasteiger partial charge in [0.25, 0.3) is 11.6 Å². The standard InChI is InChI=1S/C15H20N4O2/c1-10-9-12(13-11(2)17-21-14(13)16-10)15(20)19-6-4-5-18(3)7-8-19/h9H,4-8H2,1-3H3. The van der Waals surface area contributed by atoms with E-state index < -0.39 is 0 Å². The Labute approximate surface area is 123 Å². The highest BCUT2D eigenvalue weighted by atomic mass is 16.5. The van der Waals surface area contributed by atoms with E-state index in [2.05, 4.69) is 22.1 Å². The second kappa shape index (κ2) is 5.44. The SMILES string of the molecule is Cc1cc(C(=O)N2CCCN(C)CC2)c2c(C)noc2n1. The molecular weight excluding hydrogens is 268 g/mol. The van der Waals surface area contributed by atoms with Gasteiger partial charge in [-0.15, -0.1) is 0 Å². The molecule has 0 saturated carbocycles. The number of pyridine rings is 1. The van der Waals surface area contributed by atoms with Gasteiger partial charge in [0.15, 0.2) is 0 Å². The topological polar surface area (TPSA) is 62.5 Å². The fourth-order valence-corrected chi connectivity index (χ4v) is 2.81. The highest BCUT2D eigenvalue weighted by Crippen LogP contribution is 2.23. The lowest BCUT2D eigenvalue weighted by Crippen LogP contribution is -2.34. The number of carbonyl (C=O) groups is 1. The summed E-state index contributed by atoms with van der Waals surface area (Å²) in [4.78, 5) is 21.4. The Kier molecular flexibility index (Phi) is 3.63. The molecule has 1 amide bonds. The zero-order chi connectivity index (χ0) is 15.0. The molecule has 1 saturated heterocycles. The number of likely N-dealkylation sites (N-methyl/N-ethyl adjacent to an activating group) is 1. The van der Waals surface area contributed by atoms with E-state index in [0.717, 1.165) is 43.7 Å². The van der Waals surface area contributed by atoms with E-state index in [4.69, 9.17) is 4.52 Å². The highest BCUT2D eigenvalue weighted by molar-refractivity contribution is 6.06. The zero-order valence-electron chi connectivity index (χ0n) is 12.7. The van der Waals surface area contributed by atoms with Crippen LogP contribution >= 0.6 is 0 Å². The molecule has 2 aromatic rings. The Balaban J connectivity index is 1.99. The van der Waals surface area contributed by atoms with Gasteiger partial charge in [0.05, 0.1) is 16.6 Å². The average Bonchev–Trinajstić information content (AvgIpc) is 2.68. The Morgan fingerprint density at radius 3 is 2.86 bits per heavy atom. The van der Waals surface area contributed by atoms with Crippen molar-refractivity contribution in [2.45, 2.75) is 20.3 Å². The summed E-state index contributed by atoms with van der Waals surface area (Å²) in [6, 6.07) is 1.84. The fraction of sp³-hybridized carbons (Fsp3) is 0.533. The molecule has 1 aliphatic heterocycles. The smallest absolute Gasteiger partial charge is 0.258 e. The van der Waals surface area contributed by atoms with Gasteiger partial charge in [-0.3, -0.25) is 4.79 Å². The molecule has 6 nitrogen and oxygen atoms in total. The lowest BCUT2D eigenvalue weighted by molar-refractivity contribution is 0.0764. The van der Waals surface area contributed by atoms with Crippen LogP contribution in [0.1, 0.15) is 28.2 Å². The molecule has 0 bridgehead atoms. The van der Waals surface area contributed by atoms with Crippen LogP contribution in [-0.2, 0) is 0 Å². The van der Waals surface area contributed by atoms with Gasteiger partial charge in [0.2, 0.25) is 0 Å². The van der Waals surface area contributed by atoms with Gasteiger partial charge in [-0.1, -0.05) is 5.16 Å². The van der Waals surface area contributed by atoms with Gasteiger partial charge in [0, 0.05) is 25.3 Å². The van der Waals surface area contributed by atoms with E-state index in [1.807, 2.05) is 24.8 Å². The van der Waals surface area contributed by atoms with Crippen LogP contribution in [-0.4, -0.2) is 59.1 Å². The van der Waals surface area contributed by atoms with Crippen LogP contribution in [0.15, 0.2) is 10.6 Å². The van der Waals surface area contributed by atoms with Crippen LogP contribution < -0.4 is 0 Å². The third-order valence-electron chi connectivity index (χ3n) is 3.98. The molecule has 3 rings (SSSR count). The number of hydrogen-bond acceptors (Lipinski definition) is 5. The summed E-state index contributed by atoms with van der Waals surface area (Å²) >= 11 is 0. The molecule has 0 spiro atoms. The summed E-state index contributed by atoms with van der Waals surface area (Å²) < 4.78 is 5.21. The van der Waals surface area contributed by atoms with Crippen LogP contribution in [0.3, 0.4) is 0 Å². The van der Waals surface area contributed by atoms with Crippen molar-refractivity contribution in [1.29, 1.82) is 0 Å². The first-order chi connectivity index (χ1) is 10.1. The van der Waals surface area contributed by atoms with Crippen molar-refractivity contribution in [2.75, 3.05) is 33.2 Å². The van der Waals surface area contributed by atoms with Gasteiger partial charge in [0.1, 0.15) is 0 Å². The quantitative estimate of drug-likeness (QED) is 0.798. The lowest BCUT2D eigenvalue weighted by atomic mass is 10.1. The van der Waals surface area contributed by atoms with E-state index in [1.165, 1.54) is 0 Å². The normalized spacial score (nSPS) is 17.2. The molecule has 0 unspecified atom stereocenters. The van der Waals surface area contributed by atoms with E-state index in [9.17, 15) is 4.79 Å². The van der Waals surface area contributed by atoms with Crippen molar-refractivity contribution in [1.82, 2.24) is 19.9 Å². The van der Waals surface area contributed by atoms with Crippen molar-refractivity contribution in [2.24, 2.45) is 0 Å². The van der Waals surface area contributed by atoms with Crippen molar-refractivity contribution < 1.29 is 9.32 Å².